The minimum atomic E-state index is -0.389. The quantitative estimate of drug-likeness (QED) is 0.433. The summed E-state index contributed by atoms with van der Waals surface area (Å²) in [4.78, 5) is 21.8. The van der Waals surface area contributed by atoms with Crippen LogP contribution >= 0.6 is 0 Å². The number of carbonyl (C=O) groups is 1. The molecule has 0 aliphatic rings. The number of rotatable bonds is 6. The molecule has 1 aromatic rings. The molecule has 0 saturated carbocycles. The smallest absolute Gasteiger partial charge is 0.287 e. The highest BCUT2D eigenvalue weighted by Crippen LogP contribution is 2.18. The molecule has 3 nitrogen and oxygen atoms in total. The van der Waals surface area contributed by atoms with E-state index in [0.717, 1.165) is 24.0 Å². The average Bonchev–Trinajstić information content (AvgIpc) is 2.43. The van der Waals surface area contributed by atoms with E-state index >= 15 is 0 Å². The molecule has 0 amide bonds. The highest BCUT2D eigenvalue weighted by Gasteiger charge is 2.15. The molecule has 98 valence electrons. The lowest BCUT2D eigenvalue weighted by Crippen LogP contribution is -2.12. The summed E-state index contributed by atoms with van der Waals surface area (Å²) in [5, 5.41) is 0. The van der Waals surface area contributed by atoms with Crippen LogP contribution in [-0.4, -0.2) is 5.97 Å². The van der Waals surface area contributed by atoms with E-state index in [2.05, 4.69) is 0 Å². The van der Waals surface area contributed by atoms with Gasteiger partial charge < -0.3 is 0 Å². The zero-order valence-corrected chi connectivity index (χ0v) is 11.2. The SMILES string of the molecule is CCC(CC)=C(CC)C(=O)OOc1ccccc1. The van der Waals surface area contributed by atoms with Gasteiger partial charge in [0, 0.05) is 5.57 Å². The van der Waals surface area contributed by atoms with Gasteiger partial charge in [-0.05, 0) is 31.4 Å². The van der Waals surface area contributed by atoms with Crippen LogP contribution in [0.4, 0.5) is 0 Å². The summed E-state index contributed by atoms with van der Waals surface area (Å²) in [6.07, 6.45) is 2.38. The Hall–Kier alpha value is -1.77. The number of hydrogen-bond acceptors (Lipinski definition) is 3. The number of allylic oxidation sites excluding steroid dienone is 1. The van der Waals surface area contributed by atoms with Crippen molar-refractivity contribution >= 4 is 5.97 Å². The molecular formula is C15H20O3. The topological polar surface area (TPSA) is 35.5 Å². The minimum absolute atomic E-state index is 0.389. The standard InChI is InChI=1S/C15H20O3/c1-4-12(5-2)14(6-3)15(16)18-17-13-10-8-7-9-11-13/h7-11H,4-6H2,1-3H3. The third-order valence-electron chi connectivity index (χ3n) is 2.84. The Balaban J connectivity index is 2.67. The van der Waals surface area contributed by atoms with Crippen molar-refractivity contribution in [1.82, 2.24) is 0 Å². The number of hydrogen-bond donors (Lipinski definition) is 0. The summed E-state index contributed by atoms with van der Waals surface area (Å²) in [7, 11) is 0. The maximum atomic E-state index is 11.9. The zero-order chi connectivity index (χ0) is 13.4. The van der Waals surface area contributed by atoms with Crippen molar-refractivity contribution in [3.05, 3.63) is 41.5 Å². The molecular weight excluding hydrogens is 228 g/mol. The van der Waals surface area contributed by atoms with Gasteiger partial charge in [0.25, 0.3) is 0 Å². The summed E-state index contributed by atoms with van der Waals surface area (Å²) >= 11 is 0. The summed E-state index contributed by atoms with van der Waals surface area (Å²) < 4.78 is 0. The second-order valence-corrected chi connectivity index (χ2v) is 3.91. The van der Waals surface area contributed by atoms with Crippen molar-refractivity contribution in [2.45, 2.75) is 40.0 Å². The molecule has 0 aliphatic carbocycles. The van der Waals surface area contributed by atoms with Crippen LogP contribution in [0, 0.1) is 0 Å². The van der Waals surface area contributed by atoms with Crippen LogP contribution in [0.15, 0.2) is 41.5 Å². The minimum Gasteiger partial charge on any atom is -0.287 e. The van der Waals surface area contributed by atoms with E-state index in [1.54, 1.807) is 12.1 Å². The Morgan fingerprint density at radius 2 is 1.61 bits per heavy atom. The first-order valence-corrected chi connectivity index (χ1v) is 6.37. The van der Waals surface area contributed by atoms with E-state index in [-0.39, 0.29) is 5.97 Å². The van der Waals surface area contributed by atoms with Gasteiger partial charge in [-0.2, -0.15) is 0 Å². The molecule has 1 rings (SSSR count). The molecule has 0 spiro atoms. The van der Waals surface area contributed by atoms with Crippen LogP contribution in [-0.2, 0) is 9.68 Å². The molecule has 0 atom stereocenters. The van der Waals surface area contributed by atoms with Crippen molar-refractivity contribution in [1.29, 1.82) is 0 Å². The van der Waals surface area contributed by atoms with E-state index in [0.29, 0.717) is 12.2 Å². The van der Waals surface area contributed by atoms with Gasteiger partial charge in [0.05, 0.1) is 0 Å². The maximum Gasteiger partial charge on any atom is 0.382 e. The Morgan fingerprint density at radius 1 is 1.00 bits per heavy atom. The van der Waals surface area contributed by atoms with Gasteiger partial charge in [-0.1, -0.05) is 44.5 Å². The van der Waals surface area contributed by atoms with Gasteiger partial charge in [0.2, 0.25) is 0 Å². The lowest BCUT2D eigenvalue weighted by Gasteiger charge is -2.10. The number of para-hydroxylation sites is 1. The molecule has 0 saturated heterocycles. The Bertz CT molecular complexity index is 401. The second kappa shape index (κ2) is 7.54. The summed E-state index contributed by atoms with van der Waals surface area (Å²) in [5.41, 5.74) is 1.84. The fraction of sp³-hybridized carbons (Fsp3) is 0.400. The molecule has 1 aromatic carbocycles. The zero-order valence-electron chi connectivity index (χ0n) is 11.2. The van der Waals surface area contributed by atoms with Crippen LogP contribution in [0.5, 0.6) is 5.75 Å². The van der Waals surface area contributed by atoms with E-state index in [9.17, 15) is 4.79 Å². The highest BCUT2D eigenvalue weighted by atomic mass is 17.2. The molecule has 3 heteroatoms. The average molecular weight is 248 g/mol. The Morgan fingerprint density at radius 3 is 2.11 bits per heavy atom. The van der Waals surface area contributed by atoms with E-state index in [1.165, 1.54) is 0 Å². The molecule has 0 unspecified atom stereocenters. The third kappa shape index (κ3) is 3.91. The Labute approximate surface area is 108 Å². The maximum absolute atomic E-state index is 11.9. The van der Waals surface area contributed by atoms with Gasteiger partial charge in [0.1, 0.15) is 0 Å². The van der Waals surface area contributed by atoms with Crippen LogP contribution in [0.3, 0.4) is 0 Å². The van der Waals surface area contributed by atoms with Gasteiger partial charge >= 0.3 is 5.97 Å². The summed E-state index contributed by atoms with van der Waals surface area (Å²) in [5.74, 6) is 0.135. The fourth-order valence-corrected chi connectivity index (χ4v) is 1.83. The molecule has 0 heterocycles. The van der Waals surface area contributed by atoms with Crippen molar-refractivity contribution < 1.29 is 14.6 Å². The Kier molecular flexibility index (Phi) is 5.98. The summed E-state index contributed by atoms with van der Waals surface area (Å²) in [6.45, 7) is 6.03. The van der Waals surface area contributed by atoms with Crippen molar-refractivity contribution in [2.75, 3.05) is 0 Å². The molecule has 0 radical (unpaired) electrons. The predicted octanol–water partition coefficient (Wildman–Crippen LogP) is 4.05. The monoisotopic (exact) mass is 248 g/mol. The van der Waals surface area contributed by atoms with Crippen LogP contribution < -0.4 is 4.89 Å². The van der Waals surface area contributed by atoms with Crippen molar-refractivity contribution in [3.63, 3.8) is 0 Å². The molecule has 0 fully saturated rings. The van der Waals surface area contributed by atoms with Crippen LogP contribution in [0.2, 0.25) is 0 Å². The van der Waals surface area contributed by atoms with E-state index in [1.807, 2.05) is 39.0 Å². The molecule has 18 heavy (non-hydrogen) atoms. The van der Waals surface area contributed by atoms with E-state index < -0.39 is 0 Å². The van der Waals surface area contributed by atoms with E-state index in [4.69, 9.17) is 9.78 Å². The largest absolute Gasteiger partial charge is 0.382 e. The highest BCUT2D eigenvalue weighted by molar-refractivity contribution is 5.88. The van der Waals surface area contributed by atoms with Gasteiger partial charge in [0.15, 0.2) is 5.75 Å². The molecule has 0 bridgehead atoms. The predicted molar refractivity (Wildman–Crippen MR) is 71.1 cm³/mol. The van der Waals surface area contributed by atoms with Gasteiger partial charge in [-0.3, -0.25) is 4.89 Å². The van der Waals surface area contributed by atoms with Crippen LogP contribution in [0.1, 0.15) is 40.0 Å². The van der Waals surface area contributed by atoms with Gasteiger partial charge in [-0.15, -0.1) is 0 Å². The first-order valence-electron chi connectivity index (χ1n) is 6.37. The fourth-order valence-electron chi connectivity index (χ4n) is 1.83. The molecule has 0 N–H and O–H groups in total. The normalized spacial score (nSPS) is 9.72. The first-order chi connectivity index (χ1) is 8.72. The second-order valence-electron chi connectivity index (χ2n) is 3.91. The lowest BCUT2D eigenvalue weighted by molar-refractivity contribution is -0.208. The van der Waals surface area contributed by atoms with Crippen molar-refractivity contribution in [2.24, 2.45) is 0 Å². The summed E-state index contributed by atoms with van der Waals surface area (Å²) in [6, 6.07) is 9.00. The first kappa shape index (κ1) is 14.3. The number of benzene rings is 1. The molecule has 0 aromatic heterocycles. The van der Waals surface area contributed by atoms with Crippen molar-refractivity contribution in [3.8, 4) is 5.75 Å². The van der Waals surface area contributed by atoms with Gasteiger partial charge in [-0.25, -0.2) is 9.68 Å². The lowest BCUT2D eigenvalue weighted by atomic mass is 10.0. The molecule has 0 aliphatic heterocycles. The number of carbonyl (C=O) groups excluding carboxylic acids is 1. The van der Waals surface area contributed by atoms with Crippen LogP contribution in [0.25, 0.3) is 0 Å². The third-order valence-corrected chi connectivity index (χ3v) is 2.84.